The molecule has 26 nitrogen and oxygen atoms in total. The molecule has 3 unspecified atom stereocenters. The van der Waals surface area contributed by atoms with E-state index in [1.54, 1.807) is 13.0 Å². The van der Waals surface area contributed by atoms with E-state index in [1.807, 2.05) is 33.8 Å². The molecular weight excluding hydrogens is 1350 g/mol. The molecule has 7 rings (SSSR count). The number of halogens is 3. The van der Waals surface area contributed by atoms with E-state index in [4.69, 9.17) is 9.47 Å². The monoisotopic (exact) mass is 1470 g/mol. The Morgan fingerprint density at radius 3 is 1.90 bits per heavy atom. The molecule has 29 heteroatoms. The number of amides is 12. The Hall–Kier alpha value is -6.91. The van der Waals surface area contributed by atoms with Gasteiger partial charge in [-0.3, -0.25) is 57.5 Å². The average Bonchev–Trinajstić information content (AvgIpc) is 0.856. The van der Waals surface area contributed by atoms with Crippen molar-refractivity contribution in [2.75, 3.05) is 103 Å². The van der Waals surface area contributed by atoms with Gasteiger partial charge in [0, 0.05) is 83.7 Å². The third-order valence-electron chi connectivity index (χ3n) is 23.9. The van der Waals surface area contributed by atoms with Gasteiger partial charge in [0.2, 0.25) is 70.9 Å². The minimum absolute atomic E-state index is 0.00107. The number of ether oxygens (including phenoxy) is 2. The zero-order valence-corrected chi connectivity index (χ0v) is 64.7. The van der Waals surface area contributed by atoms with Crippen molar-refractivity contribution in [1.82, 2.24) is 60.0 Å². The van der Waals surface area contributed by atoms with Crippen molar-refractivity contribution in [3.63, 3.8) is 0 Å². The van der Waals surface area contributed by atoms with Crippen molar-refractivity contribution in [2.24, 2.45) is 46.8 Å². The van der Waals surface area contributed by atoms with Crippen molar-refractivity contribution < 1.29 is 80.2 Å². The summed E-state index contributed by atoms with van der Waals surface area (Å²) < 4.78 is 53.8. The first-order valence-electron chi connectivity index (χ1n) is 37.8. The molecule has 2 bridgehead atoms. The number of nitrogens with one attached hydrogen (secondary N) is 3. The molecule has 0 aromatic carbocycles. The van der Waals surface area contributed by atoms with Gasteiger partial charge in [0.05, 0.1) is 38.1 Å². The van der Waals surface area contributed by atoms with Crippen molar-refractivity contribution in [1.29, 1.82) is 0 Å². The summed E-state index contributed by atoms with van der Waals surface area (Å²) in [5, 5.41) is 8.81. The molecule has 0 radical (unpaired) electrons. The van der Waals surface area contributed by atoms with E-state index in [0.29, 0.717) is 31.6 Å². The topological polar surface area (TPSA) is 289 Å². The summed E-state index contributed by atoms with van der Waals surface area (Å²) in [5.41, 5.74) is -2.12. The summed E-state index contributed by atoms with van der Waals surface area (Å²) >= 11 is 0. The number of rotatable bonds is 12. The van der Waals surface area contributed by atoms with E-state index in [2.05, 4.69) is 22.9 Å². The van der Waals surface area contributed by atoms with Crippen LogP contribution in [0.25, 0.3) is 0 Å². The SMILES string of the molecule is CC[C@H](C)[C@@H]1NC(=O)[C@H](COC)N(C)C(=O)C[C@@H](C(=O)N(C)C)N(C)C(=O)[C@H](C2CCCC2)N(C)C(=O)C2(CC(C)(C)C2)NC(=O)[C@@H]2C[C@@H](C)CN2C(=O)[C@H](CCC2CCC(C(F)(F)F)C(OC)C2)NC(=O)CN(C)C(=O)[C@H](CC2CCC(C)CC2)N2CC/C=C\C[C@@H](C2=O)N(C)C(=O)CN(C)C1=O. The summed E-state index contributed by atoms with van der Waals surface area (Å²) in [4.78, 5) is 193. The van der Waals surface area contributed by atoms with E-state index in [-0.39, 0.29) is 102 Å². The van der Waals surface area contributed by atoms with Gasteiger partial charge in [-0.25, -0.2) is 0 Å². The van der Waals surface area contributed by atoms with Crippen LogP contribution >= 0.6 is 0 Å². The van der Waals surface area contributed by atoms with Crippen LogP contribution in [0.5, 0.6) is 0 Å². The Balaban J connectivity index is 1.31. The number of fused-ring (bicyclic) bond motifs is 3. The fourth-order valence-corrected chi connectivity index (χ4v) is 17.5. The summed E-state index contributed by atoms with van der Waals surface area (Å²) in [6.45, 7) is 10.0. The molecule has 104 heavy (non-hydrogen) atoms. The zero-order valence-electron chi connectivity index (χ0n) is 64.7. The third-order valence-corrected chi connectivity index (χ3v) is 23.9. The summed E-state index contributed by atoms with van der Waals surface area (Å²) in [5.74, 6) is -10.8. The number of alkyl halides is 3. The number of likely N-dealkylation sites (N-methyl/N-ethyl adjacent to an activating group) is 7. The van der Waals surface area contributed by atoms with Gasteiger partial charge in [-0.15, -0.1) is 0 Å². The van der Waals surface area contributed by atoms with Gasteiger partial charge in [0.1, 0.15) is 53.9 Å². The molecular formula is C75H121F3N12O14. The number of methoxy groups -OCH3 is 2. The molecule has 3 N–H and O–H groups in total. The molecule has 4 saturated carbocycles. The van der Waals surface area contributed by atoms with Gasteiger partial charge >= 0.3 is 6.18 Å². The summed E-state index contributed by atoms with van der Waals surface area (Å²) in [6.07, 6.45) is 4.62. The number of hydrogen-bond donors (Lipinski definition) is 3. The predicted molar refractivity (Wildman–Crippen MR) is 382 cm³/mol. The predicted octanol–water partition coefficient (Wildman–Crippen LogP) is 5.00. The van der Waals surface area contributed by atoms with Crippen LogP contribution in [0.2, 0.25) is 0 Å². The molecule has 12 amide bonds. The average molecular weight is 1470 g/mol. The Kier molecular flexibility index (Phi) is 29.3. The Bertz CT molecular complexity index is 3110. The van der Waals surface area contributed by atoms with Crippen LogP contribution in [0.15, 0.2) is 12.2 Å². The van der Waals surface area contributed by atoms with Gasteiger partial charge in [0.25, 0.3) is 0 Å². The van der Waals surface area contributed by atoms with Gasteiger partial charge in [0.15, 0.2) is 0 Å². The quantitative estimate of drug-likeness (QED) is 0.217. The minimum Gasteiger partial charge on any atom is -0.382 e. The molecule has 2 saturated heterocycles. The maximum atomic E-state index is 15.7. The molecule has 4 aliphatic carbocycles. The van der Waals surface area contributed by atoms with Crippen LogP contribution in [-0.4, -0.2) is 285 Å². The van der Waals surface area contributed by atoms with Crippen molar-refractivity contribution >= 4 is 70.9 Å². The minimum atomic E-state index is -4.51. The number of carbonyl (C=O) groups excluding carboxylic acids is 12. The fourth-order valence-electron chi connectivity index (χ4n) is 17.5. The van der Waals surface area contributed by atoms with Gasteiger partial charge in [-0.1, -0.05) is 98.6 Å². The summed E-state index contributed by atoms with van der Waals surface area (Å²) in [6, 6.07) is -10.2. The van der Waals surface area contributed by atoms with E-state index in [0.717, 1.165) is 53.2 Å². The lowest BCUT2D eigenvalue weighted by Crippen LogP contribution is -2.71. The highest BCUT2D eigenvalue weighted by molar-refractivity contribution is 6.01. The van der Waals surface area contributed by atoms with Crippen molar-refractivity contribution in [3.8, 4) is 0 Å². The van der Waals surface area contributed by atoms with Crippen LogP contribution in [0.3, 0.4) is 0 Å². The molecule has 0 aromatic rings. The molecule has 13 atom stereocenters. The largest absolute Gasteiger partial charge is 0.394 e. The van der Waals surface area contributed by atoms with Gasteiger partial charge in [-0.2, -0.15) is 13.2 Å². The third kappa shape index (κ3) is 20.2. The van der Waals surface area contributed by atoms with Gasteiger partial charge in [-0.05, 0) is 124 Å². The highest BCUT2D eigenvalue weighted by atomic mass is 19.4. The van der Waals surface area contributed by atoms with Crippen molar-refractivity contribution in [3.05, 3.63) is 12.2 Å². The lowest BCUT2D eigenvalue weighted by atomic mass is 9.58. The normalized spacial score (nSPS) is 32.3. The Morgan fingerprint density at radius 2 is 1.31 bits per heavy atom. The maximum absolute atomic E-state index is 15.7. The number of hydrogen-bond acceptors (Lipinski definition) is 14. The summed E-state index contributed by atoms with van der Waals surface area (Å²) in [7, 11) is 14.0. The van der Waals surface area contributed by atoms with E-state index >= 15 is 28.8 Å². The molecule has 586 valence electrons. The fraction of sp³-hybridized carbons (Fsp3) is 0.813. The molecule has 7 aliphatic rings. The Labute approximate surface area is 613 Å². The standard InChI is InChI=1S/C75H121F3N12O14/c1-17-47(4)62-70(100)84(10)41-61(93)85(11)53-25-19-18-22-34-89(69(53)99)56(36-48-28-26-45(2)27-29-48)68(98)83(9)40-59(91)79-52(33-31-49-30-32-51(75(76,77)78)58(37-49)104-16)66(96)90-39-46(3)35-54(90)65(95)81-74(43-73(5,6)44-74)72(102)88(14)63(50-23-20-21-24-50)71(101)87(13)55(67(97)82(7)8)38-60(92)86(12)57(42-103-15)64(94)80-62/h18-19,45-58,62-63H,17,20-44H2,1-16H3,(H,79,91)(H,80,94)(H,81,95)/b19-18-/t45?,46-,47+,48?,49?,51?,52+,53+,54+,55+,56+,57+,58?,62+,63+/m1/s1. The second-order valence-electron chi connectivity index (χ2n) is 32.7. The van der Waals surface area contributed by atoms with Crippen LogP contribution in [-0.2, 0) is 67.0 Å². The first-order chi connectivity index (χ1) is 48.8. The first kappa shape index (κ1) is 84.4. The van der Waals surface area contributed by atoms with Crippen molar-refractivity contribution in [2.45, 2.75) is 243 Å². The highest BCUT2D eigenvalue weighted by Gasteiger charge is 2.59. The molecule has 0 aromatic heterocycles. The maximum Gasteiger partial charge on any atom is 0.394 e. The smallest absolute Gasteiger partial charge is 0.382 e. The Morgan fingerprint density at radius 1 is 0.673 bits per heavy atom. The van der Waals surface area contributed by atoms with Crippen LogP contribution in [0.4, 0.5) is 13.2 Å². The lowest BCUT2D eigenvalue weighted by Gasteiger charge is -2.54. The lowest BCUT2D eigenvalue weighted by molar-refractivity contribution is -0.215. The second kappa shape index (κ2) is 36.1. The first-order valence-corrected chi connectivity index (χ1v) is 37.8. The van der Waals surface area contributed by atoms with Crippen LogP contribution in [0, 0.1) is 46.8 Å². The van der Waals surface area contributed by atoms with Crippen LogP contribution < -0.4 is 16.0 Å². The molecule has 1 spiro atoms. The highest BCUT2D eigenvalue weighted by Crippen LogP contribution is 2.50. The van der Waals surface area contributed by atoms with E-state index in [9.17, 15) is 41.9 Å². The number of nitrogens with zero attached hydrogens (tertiary/aromatic N) is 9. The molecule has 6 fully saturated rings. The molecule has 3 heterocycles. The second-order valence-corrected chi connectivity index (χ2v) is 32.7. The molecule has 3 aliphatic heterocycles. The van der Waals surface area contributed by atoms with E-state index < -0.39 is 180 Å². The number of carbonyl (C=O) groups is 12. The van der Waals surface area contributed by atoms with E-state index in [1.165, 1.54) is 100 Å². The van der Waals surface area contributed by atoms with Crippen LogP contribution in [0.1, 0.15) is 176 Å². The zero-order chi connectivity index (χ0) is 77.2. The van der Waals surface area contributed by atoms with Gasteiger partial charge < -0.3 is 69.5 Å².